The molecule has 2 aliphatic carbocycles. The van der Waals surface area contributed by atoms with E-state index in [1.54, 1.807) is 0 Å². The molecule has 3 aromatic carbocycles. The maximum Gasteiger partial charge on any atom is 0.124 e. The highest BCUT2D eigenvalue weighted by molar-refractivity contribution is 5.96. The summed E-state index contributed by atoms with van der Waals surface area (Å²) in [6.07, 6.45) is 0. The number of benzene rings is 3. The van der Waals surface area contributed by atoms with Gasteiger partial charge in [-0.05, 0) is 45.0 Å². The summed E-state index contributed by atoms with van der Waals surface area (Å²) in [4.78, 5) is 0. The van der Waals surface area contributed by atoms with Crippen molar-refractivity contribution in [2.45, 2.75) is 38.5 Å². The fourth-order valence-electron chi connectivity index (χ4n) is 5.11. The number of aromatic hydroxyl groups is 1. The van der Waals surface area contributed by atoms with Crippen molar-refractivity contribution in [1.82, 2.24) is 0 Å². The highest BCUT2D eigenvalue weighted by Gasteiger charge is 2.45. The minimum Gasteiger partial charge on any atom is -0.507 e. The van der Waals surface area contributed by atoms with Crippen LogP contribution >= 0.6 is 0 Å². The third-order valence-electron chi connectivity index (χ3n) is 6.34. The Labute approximate surface area is 149 Å². The lowest BCUT2D eigenvalue weighted by molar-refractivity contribution is 0.474. The number of phenolic OH excluding ortho intramolecular Hbond substituents is 1. The quantitative estimate of drug-likeness (QED) is 0.537. The first-order valence-electron chi connectivity index (χ1n) is 8.96. The zero-order valence-corrected chi connectivity index (χ0v) is 15.1. The van der Waals surface area contributed by atoms with Gasteiger partial charge in [0.25, 0.3) is 0 Å². The molecule has 3 aromatic rings. The van der Waals surface area contributed by atoms with Crippen molar-refractivity contribution in [2.75, 3.05) is 0 Å². The number of hydrogen-bond acceptors (Lipinski definition) is 1. The summed E-state index contributed by atoms with van der Waals surface area (Å²) < 4.78 is 0. The molecule has 0 atom stereocenters. The fourth-order valence-corrected chi connectivity index (χ4v) is 5.11. The number of hydrogen-bond donors (Lipinski definition) is 1. The molecule has 0 bridgehead atoms. The van der Waals surface area contributed by atoms with E-state index in [9.17, 15) is 5.11 Å². The van der Waals surface area contributed by atoms with Gasteiger partial charge in [0.15, 0.2) is 0 Å². The molecule has 25 heavy (non-hydrogen) atoms. The molecule has 0 saturated carbocycles. The van der Waals surface area contributed by atoms with Gasteiger partial charge in [-0.3, -0.25) is 0 Å². The Hall–Kier alpha value is -2.54. The van der Waals surface area contributed by atoms with Gasteiger partial charge in [-0.15, -0.1) is 0 Å². The average Bonchev–Trinajstić information content (AvgIpc) is 2.96. The van der Waals surface area contributed by atoms with E-state index in [1.165, 1.54) is 38.9 Å². The van der Waals surface area contributed by atoms with E-state index in [4.69, 9.17) is 0 Å². The molecule has 5 rings (SSSR count). The largest absolute Gasteiger partial charge is 0.507 e. The van der Waals surface area contributed by atoms with Crippen molar-refractivity contribution in [3.05, 3.63) is 76.9 Å². The number of fused-ring (bicyclic) bond motifs is 7. The first-order valence-corrected chi connectivity index (χ1v) is 8.96. The van der Waals surface area contributed by atoms with Gasteiger partial charge in [0, 0.05) is 16.4 Å². The fraction of sp³-hybridized carbons (Fsp3) is 0.250. The predicted octanol–water partition coefficient (Wildman–Crippen LogP) is 6.00. The van der Waals surface area contributed by atoms with Crippen LogP contribution < -0.4 is 0 Å². The van der Waals surface area contributed by atoms with Gasteiger partial charge in [0.2, 0.25) is 0 Å². The highest BCUT2D eigenvalue weighted by Crippen LogP contribution is 2.61. The maximum absolute atomic E-state index is 11.0. The van der Waals surface area contributed by atoms with Crippen molar-refractivity contribution in [3.63, 3.8) is 0 Å². The van der Waals surface area contributed by atoms with Gasteiger partial charge in [-0.25, -0.2) is 0 Å². The van der Waals surface area contributed by atoms with Gasteiger partial charge in [-0.1, -0.05) is 76.2 Å². The van der Waals surface area contributed by atoms with Crippen LogP contribution in [0, 0.1) is 0 Å². The van der Waals surface area contributed by atoms with Crippen LogP contribution in [0.1, 0.15) is 49.9 Å². The van der Waals surface area contributed by atoms with Gasteiger partial charge >= 0.3 is 0 Å². The molecule has 124 valence electrons. The third-order valence-corrected chi connectivity index (χ3v) is 6.34. The molecule has 0 saturated heterocycles. The van der Waals surface area contributed by atoms with E-state index in [-0.39, 0.29) is 10.8 Å². The number of phenols is 1. The van der Waals surface area contributed by atoms with Crippen LogP contribution in [-0.4, -0.2) is 5.11 Å². The number of rotatable bonds is 0. The maximum atomic E-state index is 11.0. The van der Waals surface area contributed by atoms with Crippen LogP contribution in [0.3, 0.4) is 0 Å². The van der Waals surface area contributed by atoms with E-state index in [0.717, 1.165) is 5.56 Å². The molecule has 0 spiro atoms. The summed E-state index contributed by atoms with van der Waals surface area (Å²) in [5.41, 5.74) is 9.80. The van der Waals surface area contributed by atoms with E-state index >= 15 is 0 Å². The molecule has 0 unspecified atom stereocenters. The van der Waals surface area contributed by atoms with Crippen molar-refractivity contribution in [2.24, 2.45) is 0 Å². The standard InChI is InChI=1S/C24H22O/c1-23(2)16-11-7-5-9-14(16)20-18(23)13-19(25)21-15-10-6-8-12-17(15)24(3,4)22(20)21/h5-13,25H,1-4H3. The lowest BCUT2D eigenvalue weighted by Crippen LogP contribution is -2.18. The Morgan fingerprint density at radius 3 is 1.80 bits per heavy atom. The molecular formula is C24H22O. The molecule has 2 aliphatic rings. The first kappa shape index (κ1) is 14.8. The summed E-state index contributed by atoms with van der Waals surface area (Å²) in [5.74, 6) is 0.410. The Bertz CT molecular complexity index is 1050. The molecular weight excluding hydrogens is 304 g/mol. The molecule has 0 aromatic heterocycles. The average molecular weight is 326 g/mol. The van der Waals surface area contributed by atoms with Crippen LogP contribution in [0.4, 0.5) is 0 Å². The first-order chi connectivity index (χ1) is 11.8. The Morgan fingerprint density at radius 1 is 0.640 bits per heavy atom. The summed E-state index contributed by atoms with van der Waals surface area (Å²) in [5, 5.41) is 11.0. The topological polar surface area (TPSA) is 20.2 Å². The zero-order chi connectivity index (χ0) is 17.6. The summed E-state index contributed by atoms with van der Waals surface area (Å²) in [6, 6.07) is 19.2. The summed E-state index contributed by atoms with van der Waals surface area (Å²) >= 11 is 0. The van der Waals surface area contributed by atoms with E-state index in [2.05, 4.69) is 76.2 Å². The molecule has 1 heteroatoms. The summed E-state index contributed by atoms with van der Waals surface area (Å²) in [6.45, 7) is 9.09. The van der Waals surface area contributed by atoms with Crippen LogP contribution in [0.5, 0.6) is 5.75 Å². The molecule has 0 heterocycles. The van der Waals surface area contributed by atoms with Crippen LogP contribution in [0.2, 0.25) is 0 Å². The summed E-state index contributed by atoms with van der Waals surface area (Å²) in [7, 11) is 0. The molecule has 0 amide bonds. The molecule has 0 fully saturated rings. The lowest BCUT2D eigenvalue weighted by Gasteiger charge is -2.26. The van der Waals surface area contributed by atoms with Crippen molar-refractivity contribution in [1.29, 1.82) is 0 Å². The van der Waals surface area contributed by atoms with Gasteiger partial charge in [0.05, 0.1) is 0 Å². The Morgan fingerprint density at radius 2 is 1.16 bits per heavy atom. The van der Waals surface area contributed by atoms with Crippen LogP contribution in [0.15, 0.2) is 54.6 Å². The normalized spacial score (nSPS) is 17.6. The monoisotopic (exact) mass is 326 g/mol. The zero-order valence-electron chi connectivity index (χ0n) is 15.1. The van der Waals surface area contributed by atoms with E-state index in [1.807, 2.05) is 6.07 Å². The van der Waals surface area contributed by atoms with Gasteiger partial charge in [-0.2, -0.15) is 0 Å². The second-order valence-corrected chi connectivity index (χ2v) is 8.41. The SMILES string of the molecule is CC1(C)c2ccccc2-c2c1cc(O)c1c2C(C)(C)c2ccccc2-1. The van der Waals surface area contributed by atoms with Crippen molar-refractivity contribution in [3.8, 4) is 28.0 Å². The molecule has 1 N–H and O–H groups in total. The minimum atomic E-state index is -0.123. The molecule has 0 radical (unpaired) electrons. The second kappa shape index (κ2) is 4.35. The molecule has 1 nitrogen and oxygen atoms in total. The predicted molar refractivity (Wildman–Crippen MR) is 103 cm³/mol. The van der Waals surface area contributed by atoms with E-state index < -0.39 is 0 Å². The highest BCUT2D eigenvalue weighted by atomic mass is 16.3. The smallest absolute Gasteiger partial charge is 0.124 e. The Balaban J connectivity index is 1.99. The Kier molecular flexibility index (Phi) is 2.57. The third kappa shape index (κ3) is 1.59. The van der Waals surface area contributed by atoms with Crippen molar-refractivity contribution >= 4 is 0 Å². The van der Waals surface area contributed by atoms with Crippen LogP contribution in [-0.2, 0) is 10.8 Å². The van der Waals surface area contributed by atoms with E-state index in [0.29, 0.717) is 5.75 Å². The van der Waals surface area contributed by atoms with Crippen molar-refractivity contribution < 1.29 is 5.11 Å². The second-order valence-electron chi connectivity index (χ2n) is 8.41. The van der Waals surface area contributed by atoms with Crippen LogP contribution in [0.25, 0.3) is 22.3 Å². The molecule has 0 aliphatic heterocycles. The van der Waals surface area contributed by atoms with Gasteiger partial charge < -0.3 is 5.11 Å². The minimum absolute atomic E-state index is 0.0940. The lowest BCUT2D eigenvalue weighted by atomic mass is 9.77. The van der Waals surface area contributed by atoms with Gasteiger partial charge in [0.1, 0.15) is 5.75 Å².